The molecule has 29 heavy (non-hydrogen) atoms. The van der Waals surface area contributed by atoms with Crippen molar-refractivity contribution in [3.05, 3.63) is 18.5 Å². The van der Waals surface area contributed by atoms with Gasteiger partial charge in [-0.25, -0.2) is 4.79 Å². The summed E-state index contributed by atoms with van der Waals surface area (Å²) >= 11 is 0. The molecule has 1 aliphatic rings. The van der Waals surface area contributed by atoms with Crippen LogP contribution < -0.4 is 10.6 Å². The Bertz CT molecular complexity index is 612. The van der Waals surface area contributed by atoms with Crippen molar-refractivity contribution in [3.63, 3.8) is 0 Å². The second kappa shape index (κ2) is 11.8. The number of rotatable bonds is 10. The molecule has 0 radical (unpaired) electrons. The molecule has 1 fully saturated rings. The highest BCUT2D eigenvalue weighted by molar-refractivity contribution is 5.79. The van der Waals surface area contributed by atoms with E-state index in [1.165, 1.54) is 6.42 Å². The fourth-order valence-electron chi connectivity index (χ4n) is 3.50. The Labute approximate surface area is 174 Å². The lowest BCUT2D eigenvalue weighted by Gasteiger charge is -2.32. The molecule has 1 unspecified atom stereocenters. The van der Waals surface area contributed by atoms with E-state index in [-0.39, 0.29) is 11.8 Å². The van der Waals surface area contributed by atoms with Gasteiger partial charge in [-0.1, -0.05) is 6.42 Å². The normalized spacial score (nSPS) is 17.7. The van der Waals surface area contributed by atoms with Gasteiger partial charge >= 0.3 is 6.09 Å². The fraction of sp³-hybridized carbons (Fsp3) is 0.762. The molecule has 1 aromatic heterocycles. The van der Waals surface area contributed by atoms with E-state index >= 15 is 0 Å². The molecule has 0 aliphatic carbocycles. The van der Waals surface area contributed by atoms with E-state index in [9.17, 15) is 9.59 Å². The van der Waals surface area contributed by atoms with E-state index < -0.39 is 11.7 Å². The zero-order valence-electron chi connectivity index (χ0n) is 18.2. The summed E-state index contributed by atoms with van der Waals surface area (Å²) in [5, 5.41) is 9.82. The third-order valence-corrected chi connectivity index (χ3v) is 4.89. The van der Waals surface area contributed by atoms with E-state index in [2.05, 4.69) is 20.6 Å². The fourth-order valence-corrected chi connectivity index (χ4v) is 3.50. The molecule has 8 nitrogen and oxygen atoms in total. The maximum absolute atomic E-state index is 12.4. The summed E-state index contributed by atoms with van der Waals surface area (Å²) in [4.78, 5) is 26.4. The summed E-state index contributed by atoms with van der Waals surface area (Å²) in [6, 6.07) is 1.95. The van der Waals surface area contributed by atoms with E-state index in [1.807, 2.05) is 43.9 Å². The first-order chi connectivity index (χ1) is 13.8. The number of ether oxygens (including phenoxy) is 1. The first-order valence-electron chi connectivity index (χ1n) is 10.8. The van der Waals surface area contributed by atoms with Gasteiger partial charge in [0, 0.05) is 38.6 Å². The Morgan fingerprint density at radius 2 is 1.90 bits per heavy atom. The van der Waals surface area contributed by atoms with Crippen LogP contribution in [0, 0.1) is 5.92 Å². The predicted octanol–water partition coefficient (Wildman–Crippen LogP) is 2.41. The standard InChI is InChI=1S/C21H37N5O3/c1-21(2,3)29-20(28)23-12-11-22-19(27)18-9-7-14-25(17-18)13-5-4-6-15-26-16-8-10-24-26/h8,10,16,18H,4-7,9,11-15,17H2,1-3H3,(H,22,27)(H,23,28). The highest BCUT2D eigenvalue weighted by Crippen LogP contribution is 2.17. The number of nitrogens with one attached hydrogen (secondary N) is 2. The number of aromatic nitrogens is 2. The first-order valence-corrected chi connectivity index (χ1v) is 10.8. The molecular formula is C21H37N5O3. The number of nitrogens with zero attached hydrogens (tertiary/aromatic N) is 3. The number of alkyl carbamates (subject to hydrolysis) is 1. The molecule has 2 amide bonds. The van der Waals surface area contributed by atoms with Gasteiger partial charge in [0.25, 0.3) is 0 Å². The minimum atomic E-state index is -0.516. The SMILES string of the molecule is CC(C)(C)OC(=O)NCCNC(=O)C1CCCN(CCCCCn2cccn2)C1. The molecule has 0 bridgehead atoms. The van der Waals surface area contributed by atoms with Crippen molar-refractivity contribution in [2.75, 3.05) is 32.7 Å². The van der Waals surface area contributed by atoms with Crippen LogP contribution in [0.2, 0.25) is 0 Å². The van der Waals surface area contributed by atoms with Crippen LogP contribution in [0.25, 0.3) is 0 Å². The van der Waals surface area contributed by atoms with Gasteiger partial charge in [-0.15, -0.1) is 0 Å². The van der Waals surface area contributed by atoms with Crippen LogP contribution in [-0.4, -0.2) is 65.0 Å². The topological polar surface area (TPSA) is 88.5 Å². The average Bonchev–Trinajstić information content (AvgIpc) is 3.17. The third kappa shape index (κ3) is 9.78. The maximum Gasteiger partial charge on any atom is 0.407 e. The zero-order valence-corrected chi connectivity index (χ0v) is 18.2. The summed E-state index contributed by atoms with van der Waals surface area (Å²) in [7, 11) is 0. The predicted molar refractivity (Wildman–Crippen MR) is 112 cm³/mol. The van der Waals surface area contributed by atoms with Gasteiger partial charge in [-0.2, -0.15) is 5.10 Å². The van der Waals surface area contributed by atoms with Gasteiger partial charge in [0.1, 0.15) is 5.60 Å². The molecule has 164 valence electrons. The number of carbonyl (C=O) groups excluding carboxylic acids is 2. The number of piperidine rings is 1. The van der Waals surface area contributed by atoms with Crippen LogP contribution in [0.15, 0.2) is 18.5 Å². The molecule has 1 aliphatic heterocycles. The Balaban J connectivity index is 1.55. The molecule has 0 aromatic carbocycles. The molecule has 0 spiro atoms. The van der Waals surface area contributed by atoms with E-state index in [1.54, 1.807) is 0 Å². The van der Waals surface area contributed by atoms with Gasteiger partial charge in [-0.05, 0) is 65.6 Å². The number of amides is 2. The van der Waals surface area contributed by atoms with Gasteiger partial charge in [0.15, 0.2) is 0 Å². The lowest BCUT2D eigenvalue weighted by atomic mass is 9.97. The minimum Gasteiger partial charge on any atom is -0.444 e. The smallest absolute Gasteiger partial charge is 0.407 e. The Morgan fingerprint density at radius 1 is 1.14 bits per heavy atom. The molecule has 0 saturated carbocycles. The lowest BCUT2D eigenvalue weighted by Crippen LogP contribution is -2.45. The highest BCUT2D eigenvalue weighted by atomic mass is 16.6. The number of carbonyl (C=O) groups is 2. The van der Waals surface area contributed by atoms with Crippen molar-refractivity contribution in [2.24, 2.45) is 5.92 Å². The van der Waals surface area contributed by atoms with Crippen molar-refractivity contribution in [1.29, 1.82) is 0 Å². The summed E-state index contributed by atoms with van der Waals surface area (Å²) < 4.78 is 7.15. The Morgan fingerprint density at radius 3 is 2.62 bits per heavy atom. The maximum atomic E-state index is 12.4. The number of hydrogen-bond acceptors (Lipinski definition) is 5. The van der Waals surface area contributed by atoms with Crippen LogP contribution in [0.4, 0.5) is 4.79 Å². The molecular weight excluding hydrogens is 370 g/mol. The van der Waals surface area contributed by atoms with Crippen LogP contribution >= 0.6 is 0 Å². The molecule has 1 atom stereocenters. The van der Waals surface area contributed by atoms with Crippen LogP contribution in [0.3, 0.4) is 0 Å². The minimum absolute atomic E-state index is 0.0364. The molecule has 2 N–H and O–H groups in total. The summed E-state index contributed by atoms with van der Waals surface area (Å²) in [5.74, 6) is 0.119. The van der Waals surface area contributed by atoms with E-state index in [0.29, 0.717) is 13.1 Å². The van der Waals surface area contributed by atoms with Crippen LogP contribution in [0.1, 0.15) is 52.9 Å². The highest BCUT2D eigenvalue weighted by Gasteiger charge is 2.25. The molecule has 1 saturated heterocycles. The Kier molecular flexibility index (Phi) is 9.44. The van der Waals surface area contributed by atoms with E-state index in [0.717, 1.165) is 51.9 Å². The molecule has 2 heterocycles. The number of unbranched alkanes of at least 4 members (excludes halogenated alkanes) is 2. The van der Waals surface area contributed by atoms with Gasteiger partial charge in [-0.3, -0.25) is 9.48 Å². The Hall–Kier alpha value is -2.09. The van der Waals surface area contributed by atoms with Crippen LogP contribution in [-0.2, 0) is 16.1 Å². The van der Waals surface area contributed by atoms with Gasteiger partial charge in [0.05, 0.1) is 5.92 Å². The van der Waals surface area contributed by atoms with Gasteiger partial charge in [0.2, 0.25) is 5.91 Å². The molecule has 8 heteroatoms. The van der Waals surface area contributed by atoms with Crippen molar-refractivity contribution >= 4 is 12.0 Å². The number of aryl methyl sites for hydroxylation is 1. The largest absolute Gasteiger partial charge is 0.444 e. The van der Waals surface area contributed by atoms with Crippen molar-refractivity contribution in [1.82, 2.24) is 25.3 Å². The third-order valence-electron chi connectivity index (χ3n) is 4.89. The number of likely N-dealkylation sites (tertiary alicyclic amines) is 1. The van der Waals surface area contributed by atoms with Crippen molar-refractivity contribution in [2.45, 2.75) is 65.0 Å². The van der Waals surface area contributed by atoms with Crippen molar-refractivity contribution < 1.29 is 14.3 Å². The van der Waals surface area contributed by atoms with E-state index in [4.69, 9.17) is 4.74 Å². The van der Waals surface area contributed by atoms with Gasteiger partial charge < -0.3 is 20.3 Å². The average molecular weight is 408 g/mol. The monoisotopic (exact) mass is 407 g/mol. The lowest BCUT2D eigenvalue weighted by molar-refractivity contribution is -0.126. The summed E-state index contributed by atoms with van der Waals surface area (Å²) in [6.07, 6.45) is 8.79. The molecule has 1 aromatic rings. The zero-order chi connectivity index (χ0) is 21.1. The quantitative estimate of drug-likeness (QED) is 0.582. The molecule has 2 rings (SSSR count). The summed E-state index contributed by atoms with van der Waals surface area (Å²) in [6.45, 7) is 10.2. The summed E-state index contributed by atoms with van der Waals surface area (Å²) in [5.41, 5.74) is -0.516. The number of hydrogen-bond donors (Lipinski definition) is 2. The van der Waals surface area contributed by atoms with Crippen molar-refractivity contribution in [3.8, 4) is 0 Å². The first kappa shape index (κ1) is 23.2. The van der Waals surface area contributed by atoms with Crippen LogP contribution in [0.5, 0.6) is 0 Å². The second-order valence-corrected chi connectivity index (χ2v) is 8.69. The second-order valence-electron chi connectivity index (χ2n) is 8.69.